The summed E-state index contributed by atoms with van der Waals surface area (Å²) in [4.78, 5) is 23.9. The van der Waals surface area contributed by atoms with Crippen LogP contribution in [0.15, 0.2) is 36.7 Å². The van der Waals surface area contributed by atoms with Gasteiger partial charge in [0.1, 0.15) is 17.1 Å². The second-order valence-corrected chi connectivity index (χ2v) is 9.16. The van der Waals surface area contributed by atoms with Gasteiger partial charge in [-0.3, -0.25) is 9.48 Å². The number of carbonyl (C=O) groups excluding carboxylic acids is 1. The monoisotopic (exact) mass is 483 g/mol. The summed E-state index contributed by atoms with van der Waals surface area (Å²) in [6.45, 7) is 6.07. The van der Waals surface area contributed by atoms with Crippen molar-refractivity contribution in [1.82, 2.24) is 30.0 Å². The lowest BCUT2D eigenvalue weighted by Gasteiger charge is -2.29. The number of ether oxygens (including phenoxy) is 1. The van der Waals surface area contributed by atoms with Crippen LogP contribution >= 0.6 is 11.6 Å². The van der Waals surface area contributed by atoms with E-state index in [-0.39, 0.29) is 18.0 Å². The van der Waals surface area contributed by atoms with Gasteiger partial charge in [-0.15, -0.1) is 0 Å². The third kappa shape index (κ3) is 5.48. The molecule has 1 aliphatic heterocycles. The third-order valence-electron chi connectivity index (χ3n) is 5.89. The number of piperidine rings is 1. The van der Waals surface area contributed by atoms with E-state index in [1.165, 1.54) is 6.20 Å². The predicted molar refractivity (Wildman–Crippen MR) is 133 cm³/mol. The zero-order valence-corrected chi connectivity index (χ0v) is 20.6. The zero-order chi connectivity index (χ0) is 24.2. The molecule has 10 heteroatoms. The number of likely N-dealkylation sites (tertiary alicyclic amines) is 1. The molecule has 4 rings (SSSR count). The fourth-order valence-corrected chi connectivity index (χ4v) is 4.02. The van der Waals surface area contributed by atoms with Gasteiger partial charge in [0, 0.05) is 23.8 Å². The number of aromatic nitrogens is 4. The van der Waals surface area contributed by atoms with E-state index in [1.54, 1.807) is 25.3 Å². The minimum absolute atomic E-state index is 0.106. The molecule has 3 aromatic rings. The number of nitrogens with one attached hydrogen (secondary N) is 2. The number of carbonyl (C=O) groups is 1. The van der Waals surface area contributed by atoms with Crippen molar-refractivity contribution in [3.05, 3.63) is 47.2 Å². The summed E-state index contributed by atoms with van der Waals surface area (Å²) in [7, 11) is 3.66. The van der Waals surface area contributed by atoms with Gasteiger partial charge in [0.2, 0.25) is 5.95 Å². The van der Waals surface area contributed by atoms with Crippen molar-refractivity contribution >= 4 is 29.1 Å². The first-order valence-electron chi connectivity index (χ1n) is 11.4. The summed E-state index contributed by atoms with van der Waals surface area (Å²) >= 11 is 6.35. The maximum atomic E-state index is 12.8. The zero-order valence-electron chi connectivity index (χ0n) is 19.9. The van der Waals surface area contributed by atoms with Gasteiger partial charge < -0.3 is 20.3 Å². The molecule has 34 heavy (non-hydrogen) atoms. The van der Waals surface area contributed by atoms with E-state index in [1.807, 2.05) is 16.9 Å². The number of benzene rings is 1. The number of nitrogens with zero attached hydrogens (tertiary/aromatic N) is 5. The highest BCUT2D eigenvalue weighted by Crippen LogP contribution is 2.30. The van der Waals surface area contributed by atoms with Crippen LogP contribution in [0.4, 0.5) is 11.6 Å². The van der Waals surface area contributed by atoms with E-state index in [0.29, 0.717) is 39.4 Å². The minimum Gasteiger partial charge on any atom is -0.495 e. The van der Waals surface area contributed by atoms with Crippen molar-refractivity contribution in [3.8, 4) is 17.1 Å². The second kappa shape index (κ2) is 10.4. The summed E-state index contributed by atoms with van der Waals surface area (Å²) < 4.78 is 7.38. The molecule has 0 saturated carbocycles. The van der Waals surface area contributed by atoms with Gasteiger partial charge in [0.15, 0.2) is 0 Å². The van der Waals surface area contributed by atoms with Crippen LogP contribution in [0.25, 0.3) is 11.4 Å². The average molecular weight is 484 g/mol. The smallest absolute Gasteiger partial charge is 0.251 e. The molecular formula is C24H30ClN7O2. The van der Waals surface area contributed by atoms with Crippen LogP contribution in [0.5, 0.6) is 5.75 Å². The fraction of sp³-hybridized carbons (Fsp3) is 0.417. The first kappa shape index (κ1) is 24.0. The quantitative estimate of drug-likeness (QED) is 0.521. The van der Waals surface area contributed by atoms with Crippen LogP contribution in [-0.4, -0.2) is 63.8 Å². The normalized spacial score (nSPS) is 14.9. The van der Waals surface area contributed by atoms with Gasteiger partial charge in [-0.05, 0) is 71.1 Å². The Bertz CT molecular complexity index is 1160. The van der Waals surface area contributed by atoms with Gasteiger partial charge in [-0.2, -0.15) is 5.10 Å². The Kier molecular flexibility index (Phi) is 7.33. The summed E-state index contributed by atoms with van der Waals surface area (Å²) in [5.41, 5.74) is 2.38. The molecule has 0 radical (unpaired) electrons. The van der Waals surface area contributed by atoms with E-state index in [9.17, 15) is 4.79 Å². The predicted octanol–water partition coefficient (Wildman–Crippen LogP) is 4.15. The maximum Gasteiger partial charge on any atom is 0.251 e. The Balaban J connectivity index is 1.51. The molecule has 0 aliphatic carbocycles. The summed E-state index contributed by atoms with van der Waals surface area (Å²) in [6.07, 6.45) is 5.33. The molecule has 1 aliphatic rings. The molecule has 2 N–H and O–H groups in total. The fourth-order valence-electron chi connectivity index (χ4n) is 3.84. The Morgan fingerprint density at radius 1 is 1.24 bits per heavy atom. The van der Waals surface area contributed by atoms with Crippen molar-refractivity contribution < 1.29 is 9.53 Å². The highest BCUT2D eigenvalue weighted by molar-refractivity contribution is 6.32. The Morgan fingerprint density at radius 2 is 2.00 bits per heavy atom. The number of amides is 1. The van der Waals surface area contributed by atoms with Crippen molar-refractivity contribution in [3.63, 3.8) is 0 Å². The van der Waals surface area contributed by atoms with Crippen molar-refractivity contribution in [1.29, 1.82) is 0 Å². The largest absolute Gasteiger partial charge is 0.495 e. The van der Waals surface area contributed by atoms with Crippen LogP contribution in [-0.2, 0) is 0 Å². The number of halogens is 1. The molecule has 0 unspecified atom stereocenters. The number of methoxy groups -OCH3 is 1. The van der Waals surface area contributed by atoms with Crippen LogP contribution in [0.3, 0.4) is 0 Å². The first-order valence-corrected chi connectivity index (χ1v) is 11.7. The van der Waals surface area contributed by atoms with Crippen LogP contribution in [0.2, 0.25) is 5.02 Å². The number of hydrogen-bond acceptors (Lipinski definition) is 7. The molecule has 180 valence electrons. The van der Waals surface area contributed by atoms with Gasteiger partial charge >= 0.3 is 0 Å². The standard InChI is InChI=1S/C24H30ClN7O2/c1-15(2)32-12-9-20(30-32)22-18(25)14-26-24(29-22)28-19-6-5-16(13-21(19)34-4)23(33)27-17-7-10-31(3)11-8-17/h5-6,9,12-15,17H,7-8,10-11H2,1-4H3,(H,27,33)(H,26,28,29). The van der Waals surface area contributed by atoms with E-state index < -0.39 is 0 Å². The molecule has 1 amide bonds. The second-order valence-electron chi connectivity index (χ2n) is 8.76. The summed E-state index contributed by atoms with van der Waals surface area (Å²) in [5, 5.41) is 11.3. The van der Waals surface area contributed by atoms with Crippen LogP contribution in [0.1, 0.15) is 43.1 Å². The maximum absolute atomic E-state index is 12.8. The molecule has 1 fully saturated rings. The van der Waals surface area contributed by atoms with E-state index >= 15 is 0 Å². The lowest BCUT2D eigenvalue weighted by molar-refractivity contribution is 0.0916. The third-order valence-corrected chi connectivity index (χ3v) is 6.16. The molecule has 0 spiro atoms. The molecule has 1 saturated heterocycles. The van der Waals surface area contributed by atoms with E-state index in [0.717, 1.165) is 25.9 Å². The van der Waals surface area contributed by atoms with E-state index in [2.05, 4.69) is 51.5 Å². The Morgan fingerprint density at radius 3 is 2.68 bits per heavy atom. The highest BCUT2D eigenvalue weighted by Gasteiger charge is 2.20. The van der Waals surface area contributed by atoms with Gasteiger partial charge in [-0.1, -0.05) is 11.6 Å². The Labute approximate surface area is 204 Å². The van der Waals surface area contributed by atoms with Crippen LogP contribution in [0, 0.1) is 0 Å². The molecule has 0 bridgehead atoms. The number of rotatable bonds is 7. The summed E-state index contributed by atoms with van der Waals surface area (Å²) in [5.74, 6) is 0.755. The molecule has 9 nitrogen and oxygen atoms in total. The van der Waals surface area contributed by atoms with Crippen LogP contribution < -0.4 is 15.4 Å². The van der Waals surface area contributed by atoms with Crippen molar-refractivity contribution in [2.75, 3.05) is 32.6 Å². The van der Waals surface area contributed by atoms with Crippen molar-refractivity contribution in [2.45, 2.75) is 38.8 Å². The SMILES string of the molecule is COc1cc(C(=O)NC2CCN(C)CC2)ccc1Nc1ncc(Cl)c(-c2ccn(C(C)C)n2)n1. The minimum atomic E-state index is -0.106. The number of hydrogen-bond donors (Lipinski definition) is 2. The van der Waals surface area contributed by atoms with Gasteiger partial charge in [0.05, 0.1) is 24.0 Å². The first-order chi connectivity index (χ1) is 16.3. The van der Waals surface area contributed by atoms with Gasteiger partial charge in [0.25, 0.3) is 5.91 Å². The molecule has 1 aromatic carbocycles. The lowest BCUT2D eigenvalue weighted by Crippen LogP contribution is -2.43. The molecule has 3 heterocycles. The molecule has 0 atom stereocenters. The average Bonchev–Trinajstić information content (AvgIpc) is 3.32. The molecule has 2 aromatic heterocycles. The topological polar surface area (TPSA) is 97.2 Å². The number of anilines is 2. The summed E-state index contributed by atoms with van der Waals surface area (Å²) in [6, 6.07) is 7.55. The molecular weight excluding hydrogens is 454 g/mol. The van der Waals surface area contributed by atoms with Crippen molar-refractivity contribution in [2.24, 2.45) is 0 Å². The van der Waals surface area contributed by atoms with Gasteiger partial charge in [-0.25, -0.2) is 9.97 Å². The lowest BCUT2D eigenvalue weighted by atomic mass is 10.0. The highest BCUT2D eigenvalue weighted by atomic mass is 35.5. The Hall–Kier alpha value is -3.17. The van der Waals surface area contributed by atoms with E-state index in [4.69, 9.17) is 16.3 Å².